The molecule has 1 nitrogen and oxygen atoms in total. The third-order valence-corrected chi connectivity index (χ3v) is 5.52. The van der Waals surface area contributed by atoms with Crippen LogP contribution in [0.1, 0.15) is 39.0 Å². The van der Waals surface area contributed by atoms with E-state index in [2.05, 4.69) is 19.1 Å². The van der Waals surface area contributed by atoms with Gasteiger partial charge in [-0.1, -0.05) is 31.9 Å². The van der Waals surface area contributed by atoms with E-state index in [0.717, 1.165) is 17.8 Å². The van der Waals surface area contributed by atoms with Crippen molar-refractivity contribution in [3.05, 3.63) is 12.2 Å². The van der Waals surface area contributed by atoms with E-state index >= 15 is 0 Å². The van der Waals surface area contributed by atoms with E-state index < -0.39 is 0 Å². The van der Waals surface area contributed by atoms with Crippen LogP contribution >= 0.6 is 11.8 Å². The summed E-state index contributed by atoms with van der Waals surface area (Å²) < 4.78 is 0. The SMILES string of the molecule is CCCCC(CO)SCC1CC2C=CC1C2. The van der Waals surface area contributed by atoms with E-state index in [9.17, 15) is 5.11 Å². The molecule has 0 aromatic rings. The molecule has 0 spiro atoms. The van der Waals surface area contributed by atoms with E-state index in [0.29, 0.717) is 11.9 Å². The Balaban J connectivity index is 1.68. The molecule has 2 heteroatoms. The monoisotopic (exact) mass is 240 g/mol. The second-order valence-corrected chi connectivity index (χ2v) is 6.65. The Morgan fingerprint density at radius 3 is 2.81 bits per heavy atom. The zero-order valence-electron chi connectivity index (χ0n) is 10.3. The van der Waals surface area contributed by atoms with Crippen LogP contribution in [0.5, 0.6) is 0 Å². The van der Waals surface area contributed by atoms with Gasteiger partial charge in [-0.3, -0.25) is 0 Å². The van der Waals surface area contributed by atoms with Crippen LogP contribution in [0, 0.1) is 17.8 Å². The first kappa shape index (κ1) is 12.5. The predicted molar refractivity (Wildman–Crippen MR) is 71.7 cm³/mol. The third kappa shape index (κ3) is 3.04. The standard InChI is InChI=1S/C14H24OS/c1-2-3-4-14(9-15)16-10-13-8-11-5-6-12(13)7-11/h5-6,11-15H,2-4,7-10H2,1H3. The fraction of sp³-hybridized carbons (Fsp3) is 0.857. The summed E-state index contributed by atoms with van der Waals surface area (Å²) in [5.74, 6) is 3.91. The van der Waals surface area contributed by atoms with Crippen LogP contribution in [-0.2, 0) is 0 Å². The van der Waals surface area contributed by atoms with Crippen molar-refractivity contribution >= 4 is 11.8 Å². The van der Waals surface area contributed by atoms with Crippen molar-refractivity contribution in [2.45, 2.75) is 44.3 Å². The quantitative estimate of drug-likeness (QED) is 0.688. The van der Waals surface area contributed by atoms with Crippen molar-refractivity contribution in [2.24, 2.45) is 17.8 Å². The van der Waals surface area contributed by atoms with Crippen molar-refractivity contribution in [3.8, 4) is 0 Å². The average molecular weight is 240 g/mol. The maximum absolute atomic E-state index is 9.32. The zero-order valence-corrected chi connectivity index (χ0v) is 11.1. The van der Waals surface area contributed by atoms with Crippen LogP contribution in [0.15, 0.2) is 12.2 Å². The van der Waals surface area contributed by atoms with Gasteiger partial charge in [-0.15, -0.1) is 0 Å². The summed E-state index contributed by atoms with van der Waals surface area (Å²) >= 11 is 2.01. The lowest BCUT2D eigenvalue weighted by atomic mass is 9.96. The molecule has 16 heavy (non-hydrogen) atoms. The van der Waals surface area contributed by atoms with Crippen molar-refractivity contribution in [2.75, 3.05) is 12.4 Å². The smallest absolute Gasteiger partial charge is 0.0550 e. The van der Waals surface area contributed by atoms with Crippen LogP contribution in [-0.4, -0.2) is 22.7 Å². The van der Waals surface area contributed by atoms with Crippen LogP contribution in [0.3, 0.4) is 0 Å². The molecule has 0 aromatic heterocycles. The van der Waals surface area contributed by atoms with E-state index in [1.54, 1.807) is 0 Å². The summed E-state index contributed by atoms with van der Waals surface area (Å²) in [6.07, 6.45) is 11.3. The van der Waals surface area contributed by atoms with Crippen LogP contribution in [0.4, 0.5) is 0 Å². The summed E-state index contributed by atoms with van der Waals surface area (Å²) in [6, 6.07) is 0. The minimum Gasteiger partial charge on any atom is -0.395 e. The van der Waals surface area contributed by atoms with E-state index in [1.807, 2.05) is 11.8 Å². The first-order valence-corrected chi connectivity index (χ1v) is 7.79. The number of rotatable bonds is 7. The minimum absolute atomic E-state index is 0.362. The van der Waals surface area contributed by atoms with Crippen molar-refractivity contribution < 1.29 is 5.11 Å². The highest BCUT2D eigenvalue weighted by molar-refractivity contribution is 7.99. The lowest BCUT2D eigenvalue weighted by molar-refractivity contribution is 0.288. The van der Waals surface area contributed by atoms with Gasteiger partial charge in [0, 0.05) is 5.25 Å². The molecule has 2 rings (SSSR count). The number of aliphatic hydroxyl groups is 1. The van der Waals surface area contributed by atoms with Crippen molar-refractivity contribution in [1.29, 1.82) is 0 Å². The Morgan fingerprint density at radius 1 is 1.38 bits per heavy atom. The zero-order chi connectivity index (χ0) is 11.4. The molecule has 1 N–H and O–H groups in total. The maximum atomic E-state index is 9.32. The number of allylic oxidation sites excluding steroid dienone is 2. The van der Waals surface area contributed by atoms with Gasteiger partial charge in [-0.05, 0) is 42.8 Å². The lowest BCUT2D eigenvalue weighted by Gasteiger charge is -2.20. The number of unbranched alkanes of at least 4 members (excludes halogenated alkanes) is 1. The number of hydrogen-bond donors (Lipinski definition) is 1. The van der Waals surface area contributed by atoms with Gasteiger partial charge in [-0.2, -0.15) is 11.8 Å². The molecular weight excluding hydrogens is 216 g/mol. The molecule has 1 fully saturated rings. The van der Waals surface area contributed by atoms with Gasteiger partial charge in [0.2, 0.25) is 0 Å². The van der Waals surface area contributed by atoms with Crippen LogP contribution in [0.2, 0.25) is 0 Å². The summed E-state index contributed by atoms with van der Waals surface area (Å²) in [5.41, 5.74) is 0. The minimum atomic E-state index is 0.362. The fourth-order valence-corrected chi connectivity index (χ4v) is 4.35. The summed E-state index contributed by atoms with van der Waals surface area (Å²) in [4.78, 5) is 0. The van der Waals surface area contributed by atoms with Crippen molar-refractivity contribution in [3.63, 3.8) is 0 Å². The van der Waals surface area contributed by atoms with Gasteiger partial charge in [0.25, 0.3) is 0 Å². The lowest BCUT2D eigenvalue weighted by Crippen LogP contribution is -2.15. The molecule has 0 aliphatic heterocycles. The molecule has 1 saturated carbocycles. The van der Waals surface area contributed by atoms with E-state index in [1.165, 1.54) is 37.9 Å². The Labute approximate surface area is 104 Å². The molecule has 0 aromatic carbocycles. The second kappa shape index (κ2) is 6.11. The fourth-order valence-electron chi connectivity index (χ4n) is 3.01. The molecule has 4 atom stereocenters. The molecule has 0 heterocycles. The topological polar surface area (TPSA) is 20.2 Å². The molecule has 4 unspecified atom stereocenters. The molecule has 0 radical (unpaired) electrons. The van der Waals surface area contributed by atoms with E-state index in [-0.39, 0.29) is 0 Å². The average Bonchev–Trinajstić information content (AvgIpc) is 2.91. The second-order valence-electron chi connectivity index (χ2n) is 5.32. The van der Waals surface area contributed by atoms with E-state index in [4.69, 9.17) is 0 Å². The van der Waals surface area contributed by atoms with Gasteiger partial charge in [0.15, 0.2) is 0 Å². The Morgan fingerprint density at radius 2 is 2.25 bits per heavy atom. The molecule has 2 aliphatic rings. The van der Waals surface area contributed by atoms with Gasteiger partial charge in [0.1, 0.15) is 0 Å². The number of hydrogen-bond acceptors (Lipinski definition) is 2. The van der Waals surface area contributed by atoms with Crippen LogP contribution < -0.4 is 0 Å². The van der Waals surface area contributed by atoms with Gasteiger partial charge in [0.05, 0.1) is 6.61 Å². The highest BCUT2D eigenvalue weighted by atomic mass is 32.2. The number of aliphatic hydroxyl groups excluding tert-OH is 1. The largest absolute Gasteiger partial charge is 0.395 e. The van der Waals surface area contributed by atoms with Gasteiger partial charge in [-0.25, -0.2) is 0 Å². The summed E-state index contributed by atoms with van der Waals surface area (Å²) in [7, 11) is 0. The molecule has 2 aliphatic carbocycles. The van der Waals surface area contributed by atoms with Crippen molar-refractivity contribution in [1.82, 2.24) is 0 Å². The summed E-state index contributed by atoms with van der Waals surface area (Å²) in [5, 5.41) is 9.81. The molecule has 92 valence electrons. The predicted octanol–water partition coefficient (Wildman–Crippen LogP) is 3.48. The highest BCUT2D eigenvalue weighted by Gasteiger charge is 2.35. The first-order valence-electron chi connectivity index (χ1n) is 6.74. The Kier molecular flexibility index (Phi) is 4.78. The first-order chi connectivity index (χ1) is 7.83. The Hall–Kier alpha value is 0.0500. The molecular formula is C14H24OS. The third-order valence-electron chi connectivity index (χ3n) is 4.05. The highest BCUT2D eigenvalue weighted by Crippen LogP contribution is 2.45. The molecule has 0 saturated heterocycles. The maximum Gasteiger partial charge on any atom is 0.0550 e. The van der Waals surface area contributed by atoms with Gasteiger partial charge < -0.3 is 5.11 Å². The normalized spacial score (nSPS) is 33.5. The molecule has 0 amide bonds. The summed E-state index contributed by atoms with van der Waals surface area (Å²) in [6.45, 7) is 2.58. The Bertz CT molecular complexity index is 239. The number of fused-ring (bicyclic) bond motifs is 2. The van der Waals surface area contributed by atoms with Crippen LogP contribution in [0.25, 0.3) is 0 Å². The van der Waals surface area contributed by atoms with Gasteiger partial charge >= 0.3 is 0 Å². The molecule has 2 bridgehead atoms. The number of thioether (sulfide) groups is 1.